The summed E-state index contributed by atoms with van der Waals surface area (Å²) < 4.78 is 0. The first-order valence-corrected chi connectivity index (χ1v) is 11.4. The number of aromatic nitrogens is 1. The molecular formula is C26H24N2OS. The monoisotopic (exact) mass is 412 g/mol. The van der Waals surface area contributed by atoms with E-state index < -0.39 is 0 Å². The largest absolute Gasteiger partial charge is 0.339 e. The van der Waals surface area contributed by atoms with Crippen LogP contribution in [0, 0.1) is 5.92 Å². The number of thiophene rings is 1. The summed E-state index contributed by atoms with van der Waals surface area (Å²) >= 11 is 1.65. The molecule has 3 heterocycles. The molecule has 1 fully saturated rings. The highest BCUT2D eigenvalue weighted by atomic mass is 32.1. The molecule has 150 valence electrons. The number of benzene rings is 2. The van der Waals surface area contributed by atoms with Crippen LogP contribution in [-0.4, -0.2) is 28.9 Å². The normalized spacial score (nSPS) is 14.9. The summed E-state index contributed by atoms with van der Waals surface area (Å²) in [7, 11) is 0. The van der Waals surface area contributed by atoms with Gasteiger partial charge >= 0.3 is 0 Å². The number of amides is 1. The first kappa shape index (κ1) is 19.0. The highest BCUT2D eigenvalue weighted by Gasteiger charge is 2.25. The van der Waals surface area contributed by atoms with E-state index in [-0.39, 0.29) is 5.91 Å². The number of piperidine rings is 1. The quantitative estimate of drug-likeness (QED) is 0.408. The lowest BCUT2D eigenvalue weighted by Gasteiger charge is -2.32. The van der Waals surface area contributed by atoms with E-state index in [9.17, 15) is 4.79 Å². The zero-order valence-corrected chi connectivity index (χ0v) is 17.6. The minimum Gasteiger partial charge on any atom is -0.339 e. The number of carbonyl (C=O) groups is 1. The molecule has 0 atom stereocenters. The maximum absolute atomic E-state index is 13.5. The van der Waals surface area contributed by atoms with Crippen LogP contribution in [0.25, 0.3) is 21.5 Å². The summed E-state index contributed by atoms with van der Waals surface area (Å²) in [5.74, 6) is 0.775. The molecule has 1 aliphatic heterocycles. The summed E-state index contributed by atoms with van der Waals surface area (Å²) in [5, 5.41) is 2.99. The van der Waals surface area contributed by atoms with Crippen molar-refractivity contribution in [3.8, 4) is 10.6 Å². The predicted octanol–water partition coefficient (Wildman–Crippen LogP) is 6.06. The zero-order chi connectivity index (χ0) is 20.3. The summed E-state index contributed by atoms with van der Waals surface area (Å²) in [5.41, 5.74) is 3.92. The average Bonchev–Trinajstić information content (AvgIpc) is 3.34. The van der Waals surface area contributed by atoms with Gasteiger partial charge in [0.25, 0.3) is 5.91 Å². The minimum atomic E-state index is 0.129. The summed E-state index contributed by atoms with van der Waals surface area (Å²) in [4.78, 5) is 21.4. The maximum Gasteiger partial charge on any atom is 0.254 e. The molecule has 4 heteroatoms. The summed E-state index contributed by atoms with van der Waals surface area (Å²) in [6, 6.07) is 24.7. The van der Waals surface area contributed by atoms with E-state index in [2.05, 4.69) is 36.4 Å². The van der Waals surface area contributed by atoms with Gasteiger partial charge in [-0.3, -0.25) is 4.79 Å². The summed E-state index contributed by atoms with van der Waals surface area (Å²) in [6.45, 7) is 1.64. The Morgan fingerprint density at radius 3 is 2.50 bits per heavy atom. The zero-order valence-electron chi connectivity index (χ0n) is 16.8. The molecule has 30 heavy (non-hydrogen) atoms. The number of carbonyl (C=O) groups excluding carboxylic acids is 1. The molecule has 0 saturated carbocycles. The van der Waals surface area contributed by atoms with Crippen LogP contribution in [0.1, 0.15) is 28.8 Å². The second-order valence-electron chi connectivity index (χ2n) is 7.97. The Morgan fingerprint density at radius 1 is 0.967 bits per heavy atom. The van der Waals surface area contributed by atoms with Crippen LogP contribution < -0.4 is 0 Å². The van der Waals surface area contributed by atoms with Crippen LogP contribution in [0.4, 0.5) is 0 Å². The van der Waals surface area contributed by atoms with Crippen molar-refractivity contribution in [2.75, 3.05) is 13.1 Å². The number of fused-ring (bicyclic) bond motifs is 1. The number of rotatable bonds is 4. The first-order chi connectivity index (χ1) is 14.8. The van der Waals surface area contributed by atoms with Crippen molar-refractivity contribution in [2.24, 2.45) is 5.92 Å². The van der Waals surface area contributed by atoms with Crippen LogP contribution in [0.2, 0.25) is 0 Å². The van der Waals surface area contributed by atoms with Crippen LogP contribution in [0.5, 0.6) is 0 Å². The van der Waals surface area contributed by atoms with Crippen LogP contribution in [0.15, 0.2) is 78.2 Å². The molecule has 0 spiro atoms. The molecular weight excluding hydrogens is 388 g/mol. The first-order valence-electron chi connectivity index (χ1n) is 10.5. The van der Waals surface area contributed by atoms with Crippen molar-refractivity contribution in [3.63, 3.8) is 0 Å². The van der Waals surface area contributed by atoms with E-state index in [0.29, 0.717) is 5.92 Å². The fourth-order valence-electron chi connectivity index (χ4n) is 4.36. The molecule has 1 saturated heterocycles. The molecule has 0 unspecified atom stereocenters. The molecule has 0 bridgehead atoms. The van der Waals surface area contributed by atoms with Crippen molar-refractivity contribution in [1.82, 2.24) is 9.88 Å². The minimum absolute atomic E-state index is 0.129. The molecule has 0 radical (unpaired) electrons. The van der Waals surface area contributed by atoms with E-state index in [1.165, 1.54) is 5.56 Å². The number of pyridine rings is 1. The third-order valence-electron chi connectivity index (χ3n) is 5.99. The number of hydrogen-bond donors (Lipinski definition) is 0. The lowest BCUT2D eigenvalue weighted by molar-refractivity contribution is 0.0692. The van der Waals surface area contributed by atoms with E-state index >= 15 is 0 Å². The smallest absolute Gasteiger partial charge is 0.254 e. The molecule has 0 N–H and O–H groups in total. The lowest BCUT2D eigenvalue weighted by atomic mass is 9.90. The number of likely N-dealkylation sites (tertiary alicyclic amines) is 1. The molecule has 3 nitrogen and oxygen atoms in total. The van der Waals surface area contributed by atoms with Crippen LogP contribution in [-0.2, 0) is 6.42 Å². The second-order valence-corrected chi connectivity index (χ2v) is 8.92. The summed E-state index contributed by atoms with van der Waals surface area (Å²) in [6.07, 6.45) is 3.21. The Balaban J connectivity index is 1.37. The number of para-hydroxylation sites is 1. The predicted molar refractivity (Wildman–Crippen MR) is 124 cm³/mol. The fourth-order valence-corrected chi connectivity index (χ4v) is 5.05. The Morgan fingerprint density at radius 2 is 1.73 bits per heavy atom. The van der Waals surface area contributed by atoms with Gasteiger partial charge in [-0.05, 0) is 54.3 Å². The van der Waals surface area contributed by atoms with E-state index in [0.717, 1.165) is 59.4 Å². The van der Waals surface area contributed by atoms with Crippen molar-refractivity contribution in [1.29, 1.82) is 0 Å². The fraction of sp³-hybridized carbons (Fsp3) is 0.231. The van der Waals surface area contributed by atoms with E-state index in [4.69, 9.17) is 4.98 Å². The maximum atomic E-state index is 13.5. The molecule has 1 aliphatic rings. The Hall–Kier alpha value is -2.98. The Bertz CT molecular complexity index is 1150. The van der Waals surface area contributed by atoms with Gasteiger partial charge in [0.15, 0.2) is 0 Å². The van der Waals surface area contributed by atoms with Crippen molar-refractivity contribution < 1.29 is 4.79 Å². The molecule has 5 rings (SSSR count). The van der Waals surface area contributed by atoms with E-state index in [1.54, 1.807) is 11.3 Å². The van der Waals surface area contributed by atoms with Crippen LogP contribution >= 0.6 is 11.3 Å². The van der Waals surface area contributed by atoms with Gasteiger partial charge in [-0.15, -0.1) is 11.3 Å². The van der Waals surface area contributed by atoms with Gasteiger partial charge in [-0.1, -0.05) is 54.6 Å². The van der Waals surface area contributed by atoms with Gasteiger partial charge in [-0.25, -0.2) is 4.98 Å². The van der Waals surface area contributed by atoms with Crippen LogP contribution in [0.3, 0.4) is 0 Å². The van der Waals surface area contributed by atoms with Gasteiger partial charge in [0.1, 0.15) is 0 Å². The highest BCUT2D eigenvalue weighted by Crippen LogP contribution is 2.30. The number of hydrogen-bond acceptors (Lipinski definition) is 3. The van der Waals surface area contributed by atoms with Gasteiger partial charge < -0.3 is 4.90 Å². The van der Waals surface area contributed by atoms with Crippen molar-refractivity contribution >= 4 is 28.1 Å². The van der Waals surface area contributed by atoms with Gasteiger partial charge in [0, 0.05) is 18.5 Å². The van der Waals surface area contributed by atoms with Crippen molar-refractivity contribution in [3.05, 3.63) is 89.3 Å². The third kappa shape index (κ3) is 3.88. The topological polar surface area (TPSA) is 33.2 Å². The molecule has 2 aromatic heterocycles. The van der Waals surface area contributed by atoms with Gasteiger partial charge in [0.2, 0.25) is 0 Å². The molecule has 4 aromatic rings. The Kier molecular flexibility index (Phi) is 5.33. The lowest BCUT2D eigenvalue weighted by Crippen LogP contribution is -2.39. The average molecular weight is 413 g/mol. The SMILES string of the molecule is O=C(c1cc(-c2cccs2)nc2ccccc12)N1CCC(Cc2ccccc2)CC1. The third-order valence-corrected chi connectivity index (χ3v) is 6.88. The molecule has 1 amide bonds. The molecule has 2 aromatic carbocycles. The van der Waals surface area contributed by atoms with Gasteiger partial charge in [0.05, 0.1) is 21.7 Å². The van der Waals surface area contributed by atoms with E-state index in [1.807, 2.05) is 46.7 Å². The Labute approximate surface area is 181 Å². The molecule has 0 aliphatic carbocycles. The standard InChI is InChI=1S/C26H24N2OS/c29-26(28-14-12-20(13-15-28)17-19-7-2-1-3-8-19)22-18-24(25-11-6-16-30-25)27-23-10-5-4-9-21(22)23/h1-11,16,18,20H,12-15,17H2. The highest BCUT2D eigenvalue weighted by molar-refractivity contribution is 7.13. The number of nitrogens with zero attached hydrogens (tertiary/aromatic N) is 2. The second kappa shape index (κ2) is 8.41. The van der Waals surface area contributed by atoms with Crippen molar-refractivity contribution in [2.45, 2.75) is 19.3 Å². The van der Waals surface area contributed by atoms with Gasteiger partial charge in [-0.2, -0.15) is 0 Å².